The molecular weight excluding hydrogens is 174 g/mol. The second-order valence-corrected chi connectivity index (χ2v) is 3.98. The monoisotopic (exact) mass is 191 g/mol. The van der Waals surface area contributed by atoms with Gasteiger partial charge in [-0.25, -0.2) is 0 Å². The lowest BCUT2D eigenvalue weighted by molar-refractivity contribution is 0.318. The lowest BCUT2D eigenvalue weighted by Gasteiger charge is -2.15. The molecule has 1 aromatic heterocycles. The maximum absolute atomic E-state index is 5.65. The maximum atomic E-state index is 5.65. The number of hydrogen-bond acceptors (Lipinski definition) is 3. The summed E-state index contributed by atoms with van der Waals surface area (Å²) in [6.07, 6.45) is 4.96. The highest BCUT2D eigenvalue weighted by molar-refractivity contribution is 5.09. The van der Waals surface area contributed by atoms with Crippen LogP contribution in [0, 0.1) is 5.92 Å². The first kappa shape index (κ1) is 9.62. The van der Waals surface area contributed by atoms with E-state index in [2.05, 4.69) is 22.0 Å². The lowest BCUT2D eigenvalue weighted by atomic mass is 10.1. The molecule has 0 radical (unpaired) electrons. The SMILES string of the molecule is NC[C@H]1CCN(Cc2ccncc2)C1. The van der Waals surface area contributed by atoms with Crippen LogP contribution >= 0.6 is 0 Å². The second-order valence-electron chi connectivity index (χ2n) is 3.98. The van der Waals surface area contributed by atoms with Crippen LogP contribution in [-0.2, 0) is 6.54 Å². The predicted octanol–water partition coefficient (Wildman–Crippen LogP) is 0.862. The minimum Gasteiger partial charge on any atom is -0.330 e. The van der Waals surface area contributed by atoms with E-state index in [9.17, 15) is 0 Å². The molecule has 0 spiro atoms. The van der Waals surface area contributed by atoms with Gasteiger partial charge >= 0.3 is 0 Å². The minimum atomic E-state index is 0.705. The van der Waals surface area contributed by atoms with Crippen LogP contribution in [0.5, 0.6) is 0 Å². The fourth-order valence-corrected chi connectivity index (χ4v) is 2.00. The molecule has 0 aromatic carbocycles. The van der Waals surface area contributed by atoms with Crippen molar-refractivity contribution in [2.24, 2.45) is 11.7 Å². The van der Waals surface area contributed by atoms with Crippen LogP contribution in [0.4, 0.5) is 0 Å². The van der Waals surface area contributed by atoms with Crippen LogP contribution in [0.2, 0.25) is 0 Å². The molecular formula is C11H17N3. The zero-order chi connectivity index (χ0) is 9.80. The van der Waals surface area contributed by atoms with Crippen LogP contribution < -0.4 is 5.73 Å². The van der Waals surface area contributed by atoms with Gasteiger partial charge in [0.15, 0.2) is 0 Å². The minimum absolute atomic E-state index is 0.705. The Balaban J connectivity index is 1.88. The first-order valence-corrected chi connectivity index (χ1v) is 5.20. The fraction of sp³-hybridized carbons (Fsp3) is 0.545. The zero-order valence-corrected chi connectivity index (χ0v) is 8.39. The van der Waals surface area contributed by atoms with Gasteiger partial charge in [0.25, 0.3) is 0 Å². The fourth-order valence-electron chi connectivity index (χ4n) is 2.00. The number of nitrogens with zero attached hydrogens (tertiary/aromatic N) is 2. The quantitative estimate of drug-likeness (QED) is 0.770. The van der Waals surface area contributed by atoms with Crippen molar-refractivity contribution in [3.05, 3.63) is 30.1 Å². The molecule has 1 fully saturated rings. The Morgan fingerprint density at radius 2 is 2.21 bits per heavy atom. The first-order chi connectivity index (χ1) is 6.88. The van der Waals surface area contributed by atoms with Gasteiger partial charge in [-0.05, 0) is 43.1 Å². The average molecular weight is 191 g/mol. The zero-order valence-electron chi connectivity index (χ0n) is 8.39. The van der Waals surface area contributed by atoms with Crippen LogP contribution in [0.1, 0.15) is 12.0 Å². The summed E-state index contributed by atoms with van der Waals surface area (Å²) in [4.78, 5) is 6.48. The molecule has 2 N–H and O–H groups in total. The van der Waals surface area contributed by atoms with Gasteiger partial charge in [-0.15, -0.1) is 0 Å². The van der Waals surface area contributed by atoms with Gasteiger partial charge in [0.2, 0.25) is 0 Å². The van der Waals surface area contributed by atoms with E-state index in [4.69, 9.17) is 5.73 Å². The number of rotatable bonds is 3. The maximum Gasteiger partial charge on any atom is 0.0271 e. The molecule has 0 unspecified atom stereocenters. The van der Waals surface area contributed by atoms with Crippen molar-refractivity contribution in [1.29, 1.82) is 0 Å². The smallest absolute Gasteiger partial charge is 0.0271 e. The lowest BCUT2D eigenvalue weighted by Crippen LogP contribution is -2.22. The van der Waals surface area contributed by atoms with E-state index >= 15 is 0 Å². The van der Waals surface area contributed by atoms with Crippen molar-refractivity contribution in [1.82, 2.24) is 9.88 Å². The van der Waals surface area contributed by atoms with Gasteiger partial charge < -0.3 is 5.73 Å². The highest BCUT2D eigenvalue weighted by atomic mass is 15.1. The largest absolute Gasteiger partial charge is 0.330 e. The molecule has 0 amide bonds. The third-order valence-electron chi connectivity index (χ3n) is 2.86. The number of pyridine rings is 1. The van der Waals surface area contributed by atoms with Gasteiger partial charge in [-0.3, -0.25) is 9.88 Å². The summed E-state index contributed by atoms with van der Waals surface area (Å²) < 4.78 is 0. The van der Waals surface area contributed by atoms with Gasteiger partial charge in [-0.2, -0.15) is 0 Å². The number of nitrogens with two attached hydrogens (primary N) is 1. The van der Waals surface area contributed by atoms with Gasteiger partial charge in [-0.1, -0.05) is 0 Å². The molecule has 3 nitrogen and oxygen atoms in total. The second kappa shape index (κ2) is 4.53. The number of aromatic nitrogens is 1. The Labute approximate surface area is 84.9 Å². The molecule has 0 saturated carbocycles. The summed E-state index contributed by atoms with van der Waals surface area (Å²) >= 11 is 0. The Bertz CT molecular complexity index is 273. The average Bonchev–Trinajstić information content (AvgIpc) is 2.67. The van der Waals surface area contributed by atoms with E-state index in [-0.39, 0.29) is 0 Å². The summed E-state index contributed by atoms with van der Waals surface area (Å²) in [5.41, 5.74) is 7.00. The van der Waals surface area contributed by atoms with Crippen molar-refractivity contribution in [2.45, 2.75) is 13.0 Å². The molecule has 14 heavy (non-hydrogen) atoms. The van der Waals surface area contributed by atoms with Gasteiger partial charge in [0.1, 0.15) is 0 Å². The van der Waals surface area contributed by atoms with Gasteiger partial charge in [0.05, 0.1) is 0 Å². The van der Waals surface area contributed by atoms with E-state index in [1.165, 1.54) is 18.5 Å². The first-order valence-electron chi connectivity index (χ1n) is 5.20. The molecule has 1 aromatic rings. The number of hydrogen-bond donors (Lipinski definition) is 1. The van der Waals surface area contributed by atoms with Crippen molar-refractivity contribution >= 4 is 0 Å². The Kier molecular flexibility index (Phi) is 3.11. The topological polar surface area (TPSA) is 42.1 Å². The summed E-state index contributed by atoms with van der Waals surface area (Å²) in [5.74, 6) is 0.705. The van der Waals surface area contributed by atoms with Gasteiger partial charge in [0, 0.05) is 25.5 Å². The van der Waals surface area contributed by atoms with Crippen molar-refractivity contribution in [3.63, 3.8) is 0 Å². The standard InChI is InChI=1S/C11H17N3/c12-7-11-3-6-14(9-11)8-10-1-4-13-5-2-10/h1-2,4-5,11H,3,6-9,12H2/t11-/m1/s1. The van der Waals surface area contributed by atoms with Crippen LogP contribution in [-0.4, -0.2) is 29.5 Å². The van der Waals surface area contributed by atoms with Crippen LogP contribution in [0.25, 0.3) is 0 Å². The molecule has 1 aliphatic heterocycles. The Hall–Kier alpha value is -0.930. The van der Waals surface area contributed by atoms with Crippen molar-refractivity contribution in [3.8, 4) is 0 Å². The van der Waals surface area contributed by atoms with E-state index in [1.54, 1.807) is 0 Å². The normalized spacial score (nSPS) is 22.8. The molecule has 1 saturated heterocycles. The summed E-state index contributed by atoms with van der Waals surface area (Å²) in [5, 5.41) is 0. The summed E-state index contributed by atoms with van der Waals surface area (Å²) in [7, 11) is 0. The molecule has 0 aliphatic carbocycles. The van der Waals surface area contributed by atoms with E-state index in [1.807, 2.05) is 12.4 Å². The highest BCUT2D eigenvalue weighted by Gasteiger charge is 2.20. The number of likely N-dealkylation sites (tertiary alicyclic amines) is 1. The van der Waals surface area contributed by atoms with Crippen LogP contribution in [0.3, 0.4) is 0 Å². The van der Waals surface area contributed by atoms with Crippen molar-refractivity contribution < 1.29 is 0 Å². The van der Waals surface area contributed by atoms with Crippen LogP contribution in [0.15, 0.2) is 24.5 Å². The molecule has 0 bridgehead atoms. The Morgan fingerprint density at radius 1 is 1.43 bits per heavy atom. The third kappa shape index (κ3) is 2.30. The van der Waals surface area contributed by atoms with E-state index in [0.717, 1.165) is 19.6 Å². The molecule has 1 atom stereocenters. The summed E-state index contributed by atoms with van der Waals surface area (Å²) in [6, 6.07) is 4.16. The summed E-state index contributed by atoms with van der Waals surface area (Å²) in [6.45, 7) is 4.20. The third-order valence-corrected chi connectivity index (χ3v) is 2.86. The molecule has 3 heteroatoms. The molecule has 2 rings (SSSR count). The van der Waals surface area contributed by atoms with Crippen molar-refractivity contribution in [2.75, 3.05) is 19.6 Å². The molecule has 2 heterocycles. The highest BCUT2D eigenvalue weighted by Crippen LogP contribution is 2.16. The molecule has 76 valence electrons. The predicted molar refractivity (Wildman–Crippen MR) is 56.7 cm³/mol. The van der Waals surface area contributed by atoms with E-state index < -0.39 is 0 Å². The Morgan fingerprint density at radius 3 is 2.86 bits per heavy atom. The van der Waals surface area contributed by atoms with E-state index in [0.29, 0.717) is 5.92 Å². The molecule has 1 aliphatic rings.